The number of thiophene rings is 1. The van der Waals surface area contributed by atoms with Crippen LogP contribution in [0.4, 0.5) is 5.00 Å². The number of carbonyl (C=O) groups excluding carboxylic acids is 2. The summed E-state index contributed by atoms with van der Waals surface area (Å²) in [5.74, 6) is -3.19. The number of nitrogens with one attached hydrogen (secondary N) is 1. The number of hydrogen-bond acceptors (Lipinski definition) is 5. The summed E-state index contributed by atoms with van der Waals surface area (Å²) in [6, 6.07) is 7.04. The van der Waals surface area contributed by atoms with Crippen molar-refractivity contribution in [3.8, 4) is 11.1 Å². The Hall–Kier alpha value is -2.38. The van der Waals surface area contributed by atoms with E-state index in [1.165, 1.54) is 11.3 Å². The second kappa shape index (κ2) is 9.62. The first-order chi connectivity index (χ1) is 14.3. The molecule has 8 heteroatoms. The maximum absolute atomic E-state index is 12.9. The molecule has 0 aliphatic heterocycles. The SMILES string of the molecule is CC(C)OC(=O)c1c(-c2ccc(Cl)cc2)csc1NC(=O)C1CCCCC1C(=O)O. The molecule has 1 aromatic heterocycles. The van der Waals surface area contributed by atoms with E-state index in [0.717, 1.165) is 18.4 Å². The van der Waals surface area contributed by atoms with E-state index >= 15 is 0 Å². The minimum absolute atomic E-state index is 0.270. The second-order valence-corrected chi connectivity index (χ2v) is 8.96. The molecule has 1 aromatic carbocycles. The van der Waals surface area contributed by atoms with Gasteiger partial charge in [-0.25, -0.2) is 4.79 Å². The van der Waals surface area contributed by atoms with Crippen molar-refractivity contribution < 1.29 is 24.2 Å². The van der Waals surface area contributed by atoms with E-state index in [2.05, 4.69) is 5.32 Å². The molecule has 0 spiro atoms. The standard InChI is InChI=1S/C22H24ClNO5S/c1-12(2)29-22(28)18-17(13-7-9-14(23)10-8-13)11-30-20(18)24-19(25)15-5-3-4-6-16(15)21(26)27/h7-12,15-16H,3-6H2,1-2H3,(H,24,25)(H,26,27). The molecule has 2 aromatic rings. The third kappa shape index (κ3) is 5.02. The van der Waals surface area contributed by atoms with Gasteiger partial charge in [-0.2, -0.15) is 0 Å². The Kier molecular flexibility index (Phi) is 7.15. The molecular formula is C22H24ClNO5S. The normalized spacial score (nSPS) is 18.8. The number of hydrogen-bond donors (Lipinski definition) is 2. The number of benzene rings is 1. The highest BCUT2D eigenvalue weighted by Gasteiger charge is 2.36. The molecule has 160 valence electrons. The van der Waals surface area contributed by atoms with E-state index in [1.807, 2.05) is 0 Å². The number of rotatable bonds is 6. The van der Waals surface area contributed by atoms with Crippen molar-refractivity contribution in [1.82, 2.24) is 0 Å². The van der Waals surface area contributed by atoms with Crippen molar-refractivity contribution in [2.24, 2.45) is 11.8 Å². The zero-order valence-corrected chi connectivity index (χ0v) is 18.4. The summed E-state index contributed by atoms with van der Waals surface area (Å²) in [4.78, 5) is 37.3. The molecule has 1 aliphatic rings. The zero-order chi connectivity index (χ0) is 21.8. The zero-order valence-electron chi connectivity index (χ0n) is 16.8. The van der Waals surface area contributed by atoms with Crippen LogP contribution in [0.3, 0.4) is 0 Å². The van der Waals surface area contributed by atoms with Gasteiger partial charge in [0.15, 0.2) is 0 Å². The van der Waals surface area contributed by atoms with Gasteiger partial charge in [-0.05, 0) is 44.4 Å². The monoisotopic (exact) mass is 449 g/mol. The lowest BCUT2D eigenvalue weighted by atomic mass is 9.79. The average Bonchev–Trinajstić information content (AvgIpc) is 3.11. The van der Waals surface area contributed by atoms with Crippen molar-refractivity contribution in [2.45, 2.75) is 45.6 Å². The van der Waals surface area contributed by atoms with Gasteiger partial charge in [-0.1, -0.05) is 36.6 Å². The van der Waals surface area contributed by atoms with Crippen LogP contribution in [0, 0.1) is 11.8 Å². The van der Waals surface area contributed by atoms with Gasteiger partial charge in [0.2, 0.25) is 5.91 Å². The van der Waals surface area contributed by atoms with Crippen molar-refractivity contribution in [2.75, 3.05) is 5.32 Å². The number of anilines is 1. The molecule has 1 aliphatic carbocycles. The maximum atomic E-state index is 12.9. The molecule has 2 N–H and O–H groups in total. The molecular weight excluding hydrogens is 426 g/mol. The number of carboxylic acid groups (broad SMARTS) is 1. The molecule has 0 bridgehead atoms. The number of aliphatic carboxylic acids is 1. The van der Waals surface area contributed by atoms with Crippen molar-refractivity contribution in [3.63, 3.8) is 0 Å². The fraction of sp³-hybridized carbons (Fsp3) is 0.409. The quantitative estimate of drug-likeness (QED) is 0.571. The lowest BCUT2D eigenvalue weighted by molar-refractivity contribution is -0.147. The third-order valence-electron chi connectivity index (χ3n) is 5.15. The summed E-state index contributed by atoms with van der Waals surface area (Å²) in [5, 5.41) is 15.0. The predicted octanol–water partition coefficient (Wildman–Crippen LogP) is 5.46. The van der Waals surface area contributed by atoms with E-state index < -0.39 is 23.8 Å². The number of esters is 1. The summed E-state index contributed by atoms with van der Waals surface area (Å²) in [6.07, 6.45) is 2.28. The van der Waals surface area contributed by atoms with Gasteiger partial charge in [-0.15, -0.1) is 11.3 Å². The molecule has 6 nitrogen and oxygen atoms in total. The lowest BCUT2D eigenvalue weighted by Crippen LogP contribution is -2.36. The minimum Gasteiger partial charge on any atom is -0.481 e. The van der Waals surface area contributed by atoms with Crippen LogP contribution in [0.25, 0.3) is 11.1 Å². The highest BCUT2D eigenvalue weighted by molar-refractivity contribution is 7.15. The Balaban J connectivity index is 1.93. The van der Waals surface area contributed by atoms with Gasteiger partial charge in [-0.3, -0.25) is 9.59 Å². The summed E-state index contributed by atoms with van der Waals surface area (Å²) < 4.78 is 5.40. The largest absolute Gasteiger partial charge is 0.481 e. The van der Waals surface area contributed by atoms with Crippen molar-refractivity contribution in [1.29, 1.82) is 0 Å². The summed E-state index contributed by atoms with van der Waals surface area (Å²) in [5.41, 5.74) is 1.68. The Morgan fingerprint density at radius 1 is 1.13 bits per heavy atom. The lowest BCUT2D eigenvalue weighted by Gasteiger charge is -2.27. The second-order valence-electron chi connectivity index (χ2n) is 7.64. The van der Waals surface area contributed by atoms with Gasteiger partial charge in [0.25, 0.3) is 0 Å². The molecule has 0 saturated heterocycles. The van der Waals surface area contributed by atoms with Crippen LogP contribution < -0.4 is 5.32 Å². The van der Waals surface area contributed by atoms with E-state index in [0.29, 0.717) is 28.4 Å². The van der Waals surface area contributed by atoms with Crippen molar-refractivity contribution >= 4 is 45.8 Å². The molecule has 1 amide bonds. The Morgan fingerprint density at radius 3 is 2.37 bits per heavy atom. The maximum Gasteiger partial charge on any atom is 0.342 e. The molecule has 1 saturated carbocycles. The number of ether oxygens (including phenoxy) is 1. The van der Waals surface area contributed by atoms with Crippen LogP contribution >= 0.6 is 22.9 Å². The van der Waals surface area contributed by atoms with E-state index in [9.17, 15) is 19.5 Å². The molecule has 2 unspecified atom stereocenters. The van der Waals surface area contributed by atoms with E-state index in [1.54, 1.807) is 43.5 Å². The van der Waals surface area contributed by atoms with Crippen LogP contribution in [0.2, 0.25) is 5.02 Å². The molecule has 3 rings (SSSR count). The number of halogens is 1. The first-order valence-electron chi connectivity index (χ1n) is 9.90. The van der Waals surface area contributed by atoms with Crippen LogP contribution in [0.1, 0.15) is 49.9 Å². The Labute approximate surface area is 184 Å². The van der Waals surface area contributed by atoms with Gasteiger partial charge in [0.05, 0.1) is 17.9 Å². The smallest absolute Gasteiger partial charge is 0.342 e. The average molecular weight is 450 g/mol. The van der Waals surface area contributed by atoms with Crippen LogP contribution in [-0.2, 0) is 14.3 Å². The summed E-state index contributed by atoms with van der Waals surface area (Å²) in [7, 11) is 0. The topological polar surface area (TPSA) is 92.7 Å². The first-order valence-corrected chi connectivity index (χ1v) is 11.2. The number of carbonyl (C=O) groups is 3. The van der Waals surface area contributed by atoms with Crippen LogP contribution in [0.5, 0.6) is 0 Å². The van der Waals surface area contributed by atoms with Crippen LogP contribution in [0.15, 0.2) is 29.6 Å². The molecule has 1 fully saturated rings. The molecule has 2 atom stereocenters. The van der Waals surface area contributed by atoms with Gasteiger partial charge in [0.1, 0.15) is 10.6 Å². The summed E-state index contributed by atoms with van der Waals surface area (Å²) in [6.45, 7) is 3.51. The fourth-order valence-electron chi connectivity index (χ4n) is 3.71. The first kappa shape index (κ1) is 22.3. The predicted molar refractivity (Wildman–Crippen MR) is 117 cm³/mol. The number of amides is 1. The Morgan fingerprint density at radius 2 is 1.77 bits per heavy atom. The fourth-order valence-corrected chi connectivity index (χ4v) is 4.80. The number of carboxylic acids is 1. The summed E-state index contributed by atoms with van der Waals surface area (Å²) >= 11 is 7.19. The van der Waals surface area contributed by atoms with Crippen molar-refractivity contribution in [3.05, 3.63) is 40.2 Å². The Bertz CT molecular complexity index is 938. The molecule has 0 radical (unpaired) electrons. The third-order valence-corrected chi connectivity index (χ3v) is 6.30. The van der Waals surface area contributed by atoms with Gasteiger partial charge in [0, 0.05) is 16.0 Å². The molecule has 30 heavy (non-hydrogen) atoms. The van der Waals surface area contributed by atoms with E-state index in [-0.39, 0.29) is 17.6 Å². The van der Waals surface area contributed by atoms with E-state index in [4.69, 9.17) is 16.3 Å². The molecule has 1 heterocycles. The highest BCUT2D eigenvalue weighted by atomic mass is 35.5. The van der Waals surface area contributed by atoms with Gasteiger partial charge < -0.3 is 15.2 Å². The van der Waals surface area contributed by atoms with Gasteiger partial charge >= 0.3 is 11.9 Å². The van der Waals surface area contributed by atoms with Crippen LogP contribution in [-0.4, -0.2) is 29.1 Å². The highest BCUT2D eigenvalue weighted by Crippen LogP contribution is 2.38. The minimum atomic E-state index is -0.956.